The second kappa shape index (κ2) is 7.64. The van der Waals surface area contributed by atoms with Gasteiger partial charge in [-0.25, -0.2) is 0 Å². The summed E-state index contributed by atoms with van der Waals surface area (Å²) in [6.45, 7) is 3.65. The molecule has 1 amide bonds. The number of rotatable bonds is 7. The lowest BCUT2D eigenvalue weighted by atomic mass is 9.92. The molecule has 1 aromatic carbocycles. The normalized spacial score (nSPS) is 12.2. The van der Waals surface area contributed by atoms with Crippen molar-refractivity contribution < 1.29 is 19.4 Å². The van der Waals surface area contributed by atoms with Gasteiger partial charge in [0.05, 0.1) is 13.2 Å². The van der Waals surface area contributed by atoms with Gasteiger partial charge in [-0.2, -0.15) is 0 Å². The lowest BCUT2D eigenvalue weighted by molar-refractivity contribution is -0.126. The largest absolute Gasteiger partial charge is 0.460 e. The van der Waals surface area contributed by atoms with E-state index in [9.17, 15) is 15.0 Å². The van der Waals surface area contributed by atoms with Gasteiger partial charge in [0.15, 0.2) is 0 Å². The Bertz CT molecular complexity index is 728. The summed E-state index contributed by atoms with van der Waals surface area (Å²) in [6, 6.07) is 7.74. The number of hydrogen-bond donors (Lipinski definition) is 2. The molecule has 5 heteroatoms. The molecule has 0 radical (unpaired) electrons. The minimum Gasteiger partial charge on any atom is -0.460 e. The average molecular weight is 331 g/mol. The average Bonchev–Trinajstić information content (AvgIpc) is 2.97. The van der Waals surface area contributed by atoms with E-state index in [0.717, 1.165) is 28.7 Å². The molecule has 0 saturated carbocycles. The minimum atomic E-state index is -0.713. The lowest BCUT2D eigenvalue weighted by Crippen LogP contribution is -2.41. The maximum Gasteiger partial charge on any atom is 0.246 e. The van der Waals surface area contributed by atoms with E-state index in [4.69, 9.17) is 4.42 Å². The van der Waals surface area contributed by atoms with Crippen LogP contribution in [0.25, 0.3) is 17.0 Å². The first-order chi connectivity index (χ1) is 11.4. The first-order valence-corrected chi connectivity index (χ1v) is 8.09. The van der Waals surface area contributed by atoms with Crippen LogP contribution >= 0.6 is 0 Å². The molecule has 0 bridgehead atoms. The Morgan fingerprint density at radius 1 is 1.29 bits per heavy atom. The molecular formula is C19H25NO4. The van der Waals surface area contributed by atoms with Crippen molar-refractivity contribution in [2.75, 3.05) is 26.8 Å². The summed E-state index contributed by atoms with van der Waals surface area (Å²) in [5, 5.41) is 19.7. The monoisotopic (exact) mass is 331 g/mol. The third kappa shape index (κ3) is 3.86. The fourth-order valence-electron chi connectivity index (χ4n) is 2.64. The van der Waals surface area contributed by atoms with E-state index in [2.05, 4.69) is 0 Å². The van der Waals surface area contributed by atoms with Crippen LogP contribution in [0.15, 0.2) is 34.8 Å². The van der Waals surface area contributed by atoms with Crippen LogP contribution in [0, 0.1) is 5.41 Å². The summed E-state index contributed by atoms with van der Waals surface area (Å²) >= 11 is 0. The van der Waals surface area contributed by atoms with Crippen LogP contribution in [-0.2, 0) is 11.2 Å². The maximum atomic E-state index is 12.3. The van der Waals surface area contributed by atoms with Crippen LogP contribution in [0.4, 0.5) is 0 Å². The number of para-hydroxylation sites is 1. The SMILES string of the molecule is CCc1oc2ccccc2c1/C=C/C(=O)N(C)CC(C)(CO)CO. The number of hydrogen-bond acceptors (Lipinski definition) is 4. The Morgan fingerprint density at radius 2 is 1.96 bits per heavy atom. The van der Waals surface area contributed by atoms with Crippen molar-refractivity contribution in [3.63, 3.8) is 0 Å². The zero-order valence-corrected chi connectivity index (χ0v) is 14.5. The second-order valence-corrected chi connectivity index (χ2v) is 6.44. The van der Waals surface area contributed by atoms with Gasteiger partial charge in [-0.3, -0.25) is 4.79 Å². The lowest BCUT2D eigenvalue weighted by Gasteiger charge is -2.29. The highest BCUT2D eigenvalue weighted by molar-refractivity contribution is 5.96. The maximum absolute atomic E-state index is 12.3. The van der Waals surface area contributed by atoms with E-state index in [1.54, 1.807) is 20.0 Å². The number of likely N-dealkylation sites (N-methyl/N-ethyl adjacent to an activating group) is 1. The van der Waals surface area contributed by atoms with Crippen molar-refractivity contribution in [2.45, 2.75) is 20.3 Å². The molecule has 1 aromatic heterocycles. The molecule has 0 aliphatic carbocycles. The van der Waals surface area contributed by atoms with E-state index < -0.39 is 5.41 Å². The topological polar surface area (TPSA) is 73.9 Å². The highest BCUT2D eigenvalue weighted by Gasteiger charge is 2.25. The number of fused-ring (bicyclic) bond motifs is 1. The predicted molar refractivity (Wildman–Crippen MR) is 94.5 cm³/mol. The summed E-state index contributed by atoms with van der Waals surface area (Å²) in [4.78, 5) is 13.8. The smallest absolute Gasteiger partial charge is 0.246 e. The molecule has 130 valence electrons. The molecule has 0 aliphatic rings. The molecule has 2 rings (SSSR count). The van der Waals surface area contributed by atoms with E-state index >= 15 is 0 Å². The van der Waals surface area contributed by atoms with Gasteiger partial charge in [-0.15, -0.1) is 0 Å². The summed E-state index contributed by atoms with van der Waals surface area (Å²) < 4.78 is 5.81. The standard InChI is InChI=1S/C19H25NO4/c1-4-16-15(14-7-5-6-8-17(14)24-16)9-10-18(23)20(3)11-19(2,12-21)13-22/h5-10,21-22H,4,11-13H2,1-3H3/b10-9+. The zero-order valence-electron chi connectivity index (χ0n) is 14.5. The van der Waals surface area contributed by atoms with Gasteiger partial charge >= 0.3 is 0 Å². The second-order valence-electron chi connectivity index (χ2n) is 6.44. The first-order valence-electron chi connectivity index (χ1n) is 8.09. The number of amides is 1. The van der Waals surface area contributed by atoms with Crippen molar-refractivity contribution in [2.24, 2.45) is 5.41 Å². The van der Waals surface area contributed by atoms with Crippen LogP contribution in [0.3, 0.4) is 0 Å². The van der Waals surface area contributed by atoms with Crippen LogP contribution < -0.4 is 0 Å². The first kappa shape index (κ1) is 18.2. The van der Waals surface area contributed by atoms with Crippen molar-refractivity contribution in [1.29, 1.82) is 0 Å². The summed E-state index contributed by atoms with van der Waals surface area (Å²) in [5.41, 5.74) is 1.01. The molecule has 0 fully saturated rings. The van der Waals surface area contributed by atoms with Crippen molar-refractivity contribution >= 4 is 23.0 Å². The fraction of sp³-hybridized carbons (Fsp3) is 0.421. The highest BCUT2D eigenvalue weighted by atomic mass is 16.3. The fourth-order valence-corrected chi connectivity index (χ4v) is 2.64. The number of aryl methyl sites for hydroxylation is 1. The van der Waals surface area contributed by atoms with Gasteiger partial charge in [0, 0.05) is 42.5 Å². The number of furan rings is 1. The molecule has 2 N–H and O–H groups in total. The van der Waals surface area contributed by atoms with Crippen LogP contribution in [0.2, 0.25) is 0 Å². The number of carbonyl (C=O) groups excluding carboxylic acids is 1. The van der Waals surface area contributed by atoms with Gasteiger partial charge in [0.1, 0.15) is 11.3 Å². The van der Waals surface area contributed by atoms with E-state index in [0.29, 0.717) is 0 Å². The van der Waals surface area contributed by atoms with E-state index in [-0.39, 0.29) is 25.7 Å². The number of aliphatic hydroxyl groups is 2. The molecule has 0 atom stereocenters. The molecule has 24 heavy (non-hydrogen) atoms. The molecule has 5 nitrogen and oxygen atoms in total. The molecule has 0 unspecified atom stereocenters. The van der Waals surface area contributed by atoms with E-state index in [1.807, 2.05) is 31.2 Å². The van der Waals surface area contributed by atoms with Crippen molar-refractivity contribution in [3.8, 4) is 0 Å². The van der Waals surface area contributed by atoms with Gasteiger partial charge in [-0.05, 0) is 12.1 Å². The Morgan fingerprint density at radius 3 is 2.58 bits per heavy atom. The van der Waals surface area contributed by atoms with Gasteiger partial charge < -0.3 is 19.5 Å². The molecule has 1 heterocycles. The molecular weight excluding hydrogens is 306 g/mol. The third-order valence-electron chi connectivity index (χ3n) is 4.18. The number of benzene rings is 1. The quantitative estimate of drug-likeness (QED) is 0.764. The summed E-state index contributed by atoms with van der Waals surface area (Å²) in [5.74, 6) is 0.661. The highest BCUT2D eigenvalue weighted by Crippen LogP contribution is 2.27. The van der Waals surface area contributed by atoms with Crippen molar-refractivity contribution in [1.82, 2.24) is 4.90 Å². The predicted octanol–water partition coefficient (Wildman–Crippen LogP) is 2.46. The molecule has 2 aromatic rings. The number of nitrogens with zero attached hydrogens (tertiary/aromatic N) is 1. The van der Waals surface area contributed by atoms with Crippen molar-refractivity contribution in [3.05, 3.63) is 41.7 Å². The third-order valence-corrected chi connectivity index (χ3v) is 4.18. The van der Waals surface area contributed by atoms with Gasteiger partial charge in [0.25, 0.3) is 0 Å². The number of aliphatic hydroxyl groups excluding tert-OH is 2. The summed E-state index contributed by atoms with van der Waals surface area (Å²) in [7, 11) is 1.66. The van der Waals surface area contributed by atoms with Gasteiger partial charge in [-0.1, -0.05) is 32.0 Å². The van der Waals surface area contributed by atoms with Gasteiger partial charge in [0.2, 0.25) is 5.91 Å². The number of carbonyl (C=O) groups is 1. The summed E-state index contributed by atoms with van der Waals surface area (Å²) in [6.07, 6.45) is 4.02. The minimum absolute atomic E-state index is 0.183. The molecule has 0 spiro atoms. The van der Waals surface area contributed by atoms with E-state index in [1.165, 1.54) is 11.0 Å². The Kier molecular flexibility index (Phi) is 5.80. The van der Waals surface area contributed by atoms with Crippen LogP contribution in [0.1, 0.15) is 25.2 Å². The Hall–Kier alpha value is -2.11. The van der Waals surface area contributed by atoms with Crippen LogP contribution in [-0.4, -0.2) is 47.8 Å². The molecule has 0 aliphatic heterocycles. The molecule has 0 saturated heterocycles. The Labute approximate surface area is 142 Å². The Balaban J connectivity index is 2.20. The van der Waals surface area contributed by atoms with Crippen LogP contribution in [0.5, 0.6) is 0 Å². The zero-order chi connectivity index (χ0) is 17.7.